The van der Waals surface area contributed by atoms with Crippen molar-refractivity contribution in [2.45, 2.75) is 75.0 Å². The largest absolute Gasteiger partial charge is 0.573 e. The van der Waals surface area contributed by atoms with Gasteiger partial charge in [0.1, 0.15) is 17.6 Å². The van der Waals surface area contributed by atoms with Crippen LogP contribution >= 0.6 is 11.9 Å². The van der Waals surface area contributed by atoms with E-state index in [4.69, 9.17) is 14.3 Å². The Morgan fingerprint density at radius 2 is 1.79 bits per heavy atom. The highest BCUT2D eigenvalue weighted by Gasteiger charge is 2.31. The maximum absolute atomic E-state index is 13.0. The van der Waals surface area contributed by atoms with E-state index >= 15 is 0 Å². The highest BCUT2D eigenvalue weighted by atomic mass is 32.2. The molecule has 0 radical (unpaired) electrons. The first kappa shape index (κ1) is 28.5. The maximum Gasteiger partial charge on any atom is 0.573 e. The summed E-state index contributed by atoms with van der Waals surface area (Å²) in [5, 5.41) is 0. The number of hydrogen-bond acceptors (Lipinski definition) is 7. The highest BCUT2D eigenvalue weighted by molar-refractivity contribution is 7.97. The van der Waals surface area contributed by atoms with Crippen molar-refractivity contribution in [2.24, 2.45) is 0 Å². The summed E-state index contributed by atoms with van der Waals surface area (Å²) in [6, 6.07) is 13.4. The molecule has 2 heterocycles. The van der Waals surface area contributed by atoms with Gasteiger partial charge in [0.2, 0.25) is 0 Å². The number of alkyl halides is 3. The van der Waals surface area contributed by atoms with Crippen molar-refractivity contribution in [3.63, 3.8) is 0 Å². The summed E-state index contributed by atoms with van der Waals surface area (Å²) >= 11 is 1.62. The highest BCUT2D eigenvalue weighted by Crippen LogP contribution is 2.35. The van der Waals surface area contributed by atoms with Gasteiger partial charge in [-0.3, -0.25) is 4.79 Å². The predicted octanol–water partition coefficient (Wildman–Crippen LogP) is 6.20. The molecule has 7 nitrogen and oxygen atoms in total. The summed E-state index contributed by atoms with van der Waals surface area (Å²) in [6.07, 6.45) is -0.206. The quantitative estimate of drug-likeness (QED) is 0.277. The van der Waals surface area contributed by atoms with Crippen LogP contribution in [0.5, 0.6) is 11.5 Å². The molecule has 2 aromatic rings. The number of hydrogen-bond donors (Lipinski definition) is 1. The van der Waals surface area contributed by atoms with Gasteiger partial charge in [0.25, 0.3) is 5.91 Å². The normalized spacial score (nSPS) is 20.1. The van der Waals surface area contributed by atoms with Gasteiger partial charge in [-0.2, -0.15) is 0 Å². The zero-order chi connectivity index (χ0) is 27.0. The molecule has 2 aliphatic rings. The molecule has 2 unspecified atom stereocenters. The first-order valence-corrected chi connectivity index (χ1v) is 13.7. The van der Waals surface area contributed by atoms with Gasteiger partial charge in [0.15, 0.2) is 6.29 Å². The zero-order valence-corrected chi connectivity index (χ0v) is 22.1. The number of piperidine rings is 1. The number of benzene rings is 2. The molecule has 0 aromatic heterocycles. The Morgan fingerprint density at radius 1 is 1.08 bits per heavy atom. The molecule has 0 bridgehead atoms. The van der Waals surface area contributed by atoms with Gasteiger partial charge >= 0.3 is 6.36 Å². The van der Waals surface area contributed by atoms with Crippen LogP contribution in [-0.2, 0) is 14.4 Å². The lowest BCUT2D eigenvalue weighted by Crippen LogP contribution is -2.36. The molecule has 2 atom stereocenters. The van der Waals surface area contributed by atoms with Crippen LogP contribution < -0.4 is 15.0 Å². The number of nitrogens with one attached hydrogen (secondary N) is 1. The molecule has 1 amide bonds. The summed E-state index contributed by atoms with van der Waals surface area (Å²) in [5.41, 5.74) is 3.56. The lowest BCUT2D eigenvalue weighted by atomic mass is 9.96. The summed E-state index contributed by atoms with van der Waals surface area (Å²) in [4.78, 5) is 19.5. The van der Waals surface area contributed by atoms with Crippen LogP contribution in [0.15, 0.2) is 53.4 Å². The fraction of sp³-hybridized carbons (Fsp3) is 0.519. The lowest BCUT2D eigenvalue weighted by molar-refractivity contribution is -0.274. The fourth-order valence-electron chi connectivity index (χ4n) is 4.49. The van der Waals surface area contributed by atoms with Gasteiger partial charge in [0, 0.05) is 31.0 Å². The summed E-state index contributed by atoms with van der Waals surface area (Å²) < 4.78 is 54.7. The molecule has 208 valence electrons. The first-order valence-electron chi connectivity index (χ1n) is 12.9. The van der Waals surface area contributed by atoms with Crippen molar-refractivity contribution in [3.05, 3.63) is 54.1 Å². The number of ether oxygens (including phenoxy) is 3. The molecular formula is C27H33F3N2O5S. The summed E-state index contributed by atoms with van der Waals surface area (Å²) in [5.74, 6) is -0.308. The number of carbonyl (C=O) groups is 1. The van der Waals surface area contributed by atoms with E-state index in [-0.39, 0.29) is 23.7 Å². The van der Waals surface area contributed by atoms with E-state index in [9.17, 15) is 18.0 Å². The van der Waals surface area contributed by atoms with E-state index < -0.39 is 12.7 Å². The number of rotatable bonds is 10. The van der Waals surface area contributed by atoms with Crippen LogP contribution in [0.1, 0.15) is 56.9 Å². The molecule has 2 saturated heterocycles. The van der Waals surface area contributed by atoms with E-state index in [0.717, 1.165) is 55.7 Å². The molecule has 38 heavy (non-hydrogen) atoms. The third-order valence-corrected chi connectivity index (χ3v) is 7.63. The van der Waals surface area contributed by atoms with Crippen LogP contribution in [-0.4, -0.2) is 48.7 Å². The van der Waals surface area contributed by atoms with Crippen molar-refractivity contribution in [2.75, 3.05) is 19.7 Å². The predicted molar refractivity (Wildman–Crippen MR) is 136 cm³/mol. The Balaban J connectivity index is 1.28. The Hall–Kier alpha value is -2.47. The lowest BCUT2D eigenvalue weighted by Gasteiger charge is -2.32. The minimum Gasteiger partial charge on any atom is -0.490 e. The van der Waals surface area contributed by atoms with Gasteiger partial charge in [-0.1, -0.05) is 25.1 Å². The summed E-state index contributed by atoms with van der Waals surface area (Å²) in [6.45, 7) is 4.16. The van der Waals surface area contributed by atoms with Crippen molar-refractivity contribution >= 4 is 17.9 Å². The third-order valence-electron chi connectivity index (χ3n) is 6.44. The zero-order valence-electron chi connectivity index (χ0n) is 21.2. The SMILES string of the molecule is CCC(C(=O)NOC1CCCCO1)c1ccccc1SN1CCC(Oc2ccc(OC(F)(F)F)cc2)CC1. The van der Waals surface area contributed by atoms with Gasteiger partial charge in [-0.25, -0.2) is 14.6 Å². The van der Waals surface area contributed by atoms with Crippen LogP contribution in [0, 0.1) is 0 Å². The Labute approximate surface area is 225 Å². The number of amides is 1. The molecule has 4 rings (SSSR count). The van der Waals surface area contributed by atoms with Crippen molar-refractivity contribution in [3.8, 4) is 11.5 Å². The molecule has 2 aliphatic heterocycles. The average Bonchev–Trinajstić information content (AvgIpc) is 2.91. The van der Waals surface area contributed by atoms with E-state index in [2.05, 4.69) is 14.5 Å². The Kier molecular flexibility index (Phi) is 10.2. The molecule has 1 N–H and O–H groups in total. The van der Waals surface area contributed by atoms with Crippen molar-refractivity contribution in [1.82, 2.24) is 9.79 Å². The molecule has 2 fully saturated rings. The van der Waals surface area contributed by atoms with Gasteiger partial charge in [-0.15, -0.1) is 13.2 Å². The van der Waals surface area contributed by atoms with Crippen molar-refractivity contribution < 1.29 is 37.0 Å². The summed E-state index contributed by atoms with van der Waals surface area (Å²) in [7, 11) is 0. The Bertz CT molecular complexity index is 1030. The molecule has 11 heteroatoms. The second-order valence-electron chi connectivity index (χ2n) is 9.24. The number of nitrogens with zero attached hydrogens (tertiary/aromatic N) is 1. The molecule has 2 aromatic carbocycles. The van der Waals surface area contributed by atoms with E-state index in [1.807, 2.05) is 31.2 Å². The van der Waals surface area contributed by atoms with E-state index in [0.29, 0.717) is 18.8 Å². The second kappa shape index (κ2) is 13.5. The van der Waals surface area contributed by atoms with Gasteiger partial charge in [0.05, 0.1) is 5.92 Å². The van der Waals surface area contributed by atoms with Gasteiger partial charge in [-0.05, 0) is 79.9 Å². The van der Waals surface area contributed by atoms with E-state index in [1.54, 1.807) is 11.9 Å². The number of carbonyl (C=O) groups excluding carboxylic acids is 1. The first-order chi connectivity index (χ1) is 18.3. The number of hydroxylamine groups is 1. The smallest absolute Gasteiger partial charge is 0.490 e. The maximum atomic E-state index is 13.0. The van der Waals surface area contributed by atoms with Crippen LogP contribution in [0.25, 0.3) is 0 Å². The number of halogens is 3. The van der Waals surface area contributed by atoms with Crippen LogP contribution in [0.3, 0.4) is 0 Å². The molecule has 0 spiro atoms. The van der Waals surface area contributed by atoms with Crippen molar-refractivity contribution in [1.29, 1.82) is 0 Å². The molecule has 0 saturated carbocycles. The average molecular weight is 555 g/mol. The standard InChI is InChI=1S/C27H33F3N2O5S/c1-2-22(26(33)31-37-25-9-5-6-18-34-25)23-7-3-4-8-24(23)38-32-16-14-20(15-17-32)35-19-10-12-21(13-11-19)36-27(28,29)30/h3-4,7-8,10-13,20,22,25H,2,5-6,9,14-18H2,1H3,(H,31,33). The second-order valence-corrected chi connectivity index (χ2v) is 10.4. The van der Waals surface area contributed by atoms with Gasteiger partial charge < -0.3 is 14.2 Å². The monoisotopic (exact) mass is 554 g/mol. The third kappa shape index (κ3) is 8.52. The molecular weight excluding hydrogens is 521 g/mol. The van der Waals surface area contributed by atoms with Crippen LogP contribution in [0.4, 0.5) is 13.2 Å². The minimum absolute atomic E-state index is 0.0372. The topological polar surface area (TPSA) is 69.3 Å². The van der Waals surface area contributed by atoms with Crippen LogP contribution in [0.2, 0.25) is 0 Å². The van der Waals surface area contributed by atoms with E-state index in [1.165, 1.54) is 24.3 Å². The Morgan fingerprint density at radius 3 is 2.45 bits per heavy atom. The minimum atomic E-state index is -4.72. The molecule has 0 aliphatic carbocycles. The fourth-order valence-corrected chi connectivity index (χ4v) is 5.62.